The third-order valence-electron chi connectivity index (χ3n) is 8.72. The molecule has 0 radical (unpaired) electrons. The zero-order chi connectivity index (χ0) is 22.0. The van der Waals surface area contributed by atoms with Crippen LogP contribution in [0.15, 0.2) is 18.2 Å². The topological polar surface area (TPSA) is 64.1 Å². The maximum atomic E-state index is 12.6. The van der Waals surface area contributed by atoms with E-state index >= 15 is 0 Å². The summed E-state index contributed by atoms with van der Waals surface area (Å²) < 4.78 is 26.9. The smallest absolute Gasteiger partial charge is 0.216 e. The number of likely N-dealkylation sites (N-methyl/N-ethyl adjacent to an activating group) is 2. The number of phenols is 1. The molecule has 31 heavy (non-hydrogen) atoms. The summed E-state index contributed by atoms with van der Waals surface area (Å²) in [6, 6.07) is 5.93. The van der Waals surface area contributed by atoms with Crippen LogP contribution in [0, 0.1) is 5.92 Å². The first-order valence-electron chi connectivity index (χ1n) is 11.9. The fourth-order valence-corrected chi connectivity index (χ4v) is 8.40. The predicted molar refractivity (Wildman–Crippen MR) is 123 cm³/mol. The van der Waals surface area contributed by atoms with E-state index in [1.54, 1.807) is 4.31 Å². The third kappa shape index (κ3) is 3.62. The molecule has 0 amide bonds. The molecule has 2 bridgehead atoms. The average molecular weight is 448 g/mol. The first-order valence-corrected chi connectivity index (χ1v) is 13.4. The van der Waals surface area contributed by atoms with Gasteiger partial charge in [0.05, 0.1) is 10.9 Å². The number of aromatic hydroxyl groups is 1. The molecule has 2 saturated heterocycles. The molecule has 2 unspecified atom stereocenters. The second-order valence-electron chi connectivity index (χ2n) is 10.9. The fourth-order valence-electron chi connectivity index (χ4n) is 6.53. The summed E-state index contributed by atoms with van der Waals surface area (Å²) in [5, 5.41) is 9.99. The summed E-state index contributed by atoms with van der Waals surface area (Å²) in [6.07, 6.45) is 6.75. The van der Waals surface area contributed by atoms with Gasteiger partial charge in [-0.25, -0.2) is 12.7 Å². The van der Waals surface area contributed by atoms with Crippen LogP contribution in [0.1, 0.15) is 56.6 Å². The zero-order valence-electron chi connectivity index (χ0n) is 19.2. The Labute approximate surface area is 187 Å². The van der Waals surface area contributed by atoms with Crippen LogP contribution in [-0.4, -0.2) is 78.8 Å². The van der Waals surface area contributed by atoms with Crippen molar-refractivity contribution in [2.24, 2.45) is 5.92 Å². The summed E-state index contributed by atoms with van der Waals surface area (Å²) in [4.78, 5) is 5.10. The van der Waals surface area contributed by atoms with Gasteiger partial charge < -0.3 is 5.11 Å². The van der Waals surface area contributed by atoms with E-state index in [9.17, 15) is 13.5 Å². The minimum absolute atomic E-state index is 0.0196. The maximum absolute atomic E-state index is 12.6. The van der Waals surface area contributed by atoms with Gasteiger partial charge in [-0.3, -0.25) is 9.80 Å². The van der Waals surface area contributed by atoms with Crippen LogP contribution >= 0.6 is 0 Å². The van der Waals surface area contributed by atoms with E-state index in [1.165, 1.54) is 11.1 Å². The number of likely N-dealkylation sites (tertiary alicyclic amines) is 1. The molecule has 1 saturated carbocycles. The lowest BCUT2D eigenvalue weighted by Gasteiger charge is -2.60. The van der Waals surface area contributed by atoms with Gasteiger partial charge in [-0.1, -0.05) is 13.0 Å². The van der Waals surface area contributed by atoms with Gasteiger partial charge in [-0.15, -0.1) is 0 Å². The summed E-state index contributed by atoms with van der Waals surface area (Å²) in [5.74, 6) is 0.903. The molecule has 2 heterocycles. The van der Waals surface area contributed by atoms with E-state index in [0.717, 1.165) is 58.0 Å². The van der Waals surface area contributed by atoms with Gasteiger partial charge in [0, 0.05) is 32.6 Å². The molecule has 2 atom stereocenters. The normalized spacial score (nSPS) is 32.9. The molecular weight excluding hydrogens is 410 g/mol. The molecule has 4 aliphatic rings. The molecule has 172 valence electrons. The monoisotopic (exact) mass is 447 g/mol. The predicted octanol–water partition coefficient (Wildman–Crippen LogP) is 2.76. The number of phenolic OH excluding ortho intramolecular Hbond substituents is 1. The molecule has 7 heteroatoms. The van der Waals surface area contributed by atoms with Crippen molar-refractivity contribution >= 4 is 10.0 Å². The number of nitrogens with zero attached hydrogens (tertiary/aromatic N) is 3. The molecule has 0 aromatic heterocycles. The highest BCUT2D eigenvalue weighted by Crippen LogP contribution is 2.51. The Morgan fingerprint density at radius 1 is 1.16 bits per heavy atom. The summed E-state index contributed by atoms with van der Waals surface area (Å²) in [7, 11) is 1.48. The molecule has 0 spiro atoms. The number of hydrogen-bond acceptors (Lipinski definition) is 5. The number of rotatable bonds is 5. The molecule has 5 rings (SSSR count). The Morgan fingerprint density at radius 3 is 2.55 bits per heavy atom. The van der Waals surface area contributed by atoms with E-state index in [-0.39, 0.29) is 16.3 Å². The fraction of sp³-hybridized carbons (Fsp3) is 0.750. The SMILES string of the molecule is CN1CCC2(C)CC1(N(C)CC1CCN(S(=O)(=O)C3CC3)CC1)Cc1ccc(O)cc12. The average Bonchev–Trinajstić information content (AvgIpc) is 3.58. The lowest BCUT2D eigenvalue weighted by Crippen LogP contribution is -2.68. The van der Waals surface area contributed by atoms with Crippen molar-refractivity contribution in [2.45, 2.75) is 68.2 Å². The van der Waals surface area contributed by atoms with E-state index < -0.39 is 10.0 Å². The molecule has 1 aromatic carbocycles. The van der Waals surface area contributed by atoms with Crippen LogP contribution in [0.5, 0.6) is 5.75 Å². The van der Waals surface area contributed by atoms with Crippen LogP contribution in [0.4, 0.5) is 0 Å². The lowest BCUT2D eigenvalue weighted by molar-refractivity contribution is -0.0951. The first kappa shape index (κ1) is 21.7. The van der Waals surface area contributed by atoms with Crippen molar-refractivity contribution < 1.29 is 13.5 Å². The number of sulfonamides is 1. The Hall–Kier alpha value is -1.15. The third-order valence-corrected chi connectivity index (χ3v) is 11.1. The van der Waals surface area contributed by atoms with Crippen molar-refractivity contribution in [3.8, 4) is 5.75 Å². The van der Waals surface area contributed by atoms with Gasteiger partial charge in [0.2, 0.25) is 10.0 Å². The Balaban J connectivity index is 1.32. The van der Waals surface area contributed by atoms with Crippen LogP contribution in [0.2, 0.25) is 0 Å². The van der Waals surface area contributed by atoms with Crippen molar-refractivity contribution in [3.63, 3.8) is 0 Å². The highest BCUT2D eigenvalue weighted by atomic mass is 32.2. The molecule has 1 N–H and O–H groups in total. The lowest BCUT2D eigenvalue weighted by atomic mass is 9.62. The Bertz CT molecular complexity index is 955. The van der Waals surface area contributed by atoms with Gasteiger partial charge in [0.1, 0.15) is 5.75 Å². The second-order valence-corrected chi connectivity index (χ2v) is 13.1. The number of hydrogen-bond donors (Lipinski definition) is 1. The van der Waals surface area contributed by atoms with Crippen LogP contribution < -0.4 is 0 Å². The summed E-state index contributed by atoms with van der Waals surface area (Å²) in [5.41, 5.74) is 2.74. The van der Waals surface area contributed by atoms with Crippen LogP contribution in [0.3, 0.4) is 0 Å². The van der Waals surface area contributed by atoms with E-state index in [4.69, 9.17) is 0 Å². The highest BCUT2D eigenvalue weighted by molar-refractivity contribution is 7.90. The van der Waals surface area contributed by atoms with Gasteiger partial charge >= 0.3 is 0 Å². The standard InChI is InChI=1S/C24H37N3O3S/c1-23-10-13-25(2)24(17-23,15-19-4-5-20(28)14-22(19)23)26(3)16-18-8-11-27(12-9-18)31(29,30)21-6-7-21/h4-5,14,18,21,28H,6-13,15-17H2,1-3H3. The molecule has 1 aromatic rings. The molecule has 6 nitrogen and oxygen atoms in total. The molecular formula is C24H37N3O3S. The maximum Gasteiger partial charge on any atom is 0.216 e. The quantitative estimate of drug-likeness (QED) is 0.752. The second kappa shape index (κ2) is 7.44. The largest absolute Gasteiger partial charge is 0.508 e. The van der Waals surface area contributed by atoms with E-state index in [1.807, 2.05) is 12.1 Å². The van der Waals surface area contributed by atoms with Crippen molar-refractivity contribution in [3.05, 3.63) is 29.3 Å². The number of piperidine rings is 2. The van der Waals surface area contributed by atoms with E-state index in [0.29, 0.717) is 24.8 Å². The minimum atomic E-state index is -3.04. The van der Waals surface area contributed by atoms with Gasteiger partial charge in [-0.2, -0.15) is 0 Å². The van der Waals surface area contributed by atoms with Gasteiger partial charge in [0.25, 0.3) is 0 Å². The van der Waals surface area contributed by atoms with Crippen LogP contribution in [-0.2, 0) is 21.9 Å². The van der Waals surface area contributed by atoms with E-state index in [2.05, 4.69) is 36.9 Å². The minimum Gasteiger partial charge on any atom is -0.508 e. The number of benzene rings is 1. The van der Waals surface area contributed by atoms with Gasteiger partial charge in [0.15, 0.2) is 0 Å². The van der Waals surface area contributed by atoms with Crippen molar-refractivity contribution in [1.29, 1.82) is 0 Å². The van der Waals surface area contributed by atoms with Gasteiger partial charge in [-0.05, 0) is 87.2 Å². The molecule has 2 aliphatic carbocycles. The van der Waals surface area contributed by atoms with Crippen LogP contribution in [0.25, 0.3) is 0 Å². The zero-order valence-corrected chi connectivity index (χ0v) is 20.0. The summed E-state index contributed by atoms with van der Waals surface area (Å²) >= 11 is 0. The Morgan fingerprint density at radius 2 is 1.87 bits per heavy atom. The van der Waals surface area contributed by atoms with Crippen molar-refractivity contribution in [1.82, 2.24) is 14.1 Å². The first-order chi connectivity index (χ1) is 14.6. The highest BCUT2D eigenvalue weighted by Gasteiger charge is 2.53. The Kier molecular flexibility index (Phi) is 5.20. The van der Waals surface area contributed by atoms with Crippen molar-refractivity contribution in [2.75, 3.05) is 40.3 Å². The summed E-state index contributed by atoms with van der Waals surface area (Å²) in [6.45, 7) is 5.78. The number of fused-ring (bicyclic) bond motifs is 4. The molecule has 2 aliphatic heterocycles. The molecule has 3 fully saturated rings.